The smallest absolute Gasteiger partial charge is 0.0471 e. The van der Waals surface area contributed by atoms with Gasteiger partial charge in [-0.3, -0.25) is 0 Å². The van der Waals surface area contributed by atoms with Gasteiger partial charge in [0, 0.05) is 35.6 Å². The van der Waals surface area contributed by atoms with E-state index in [4.69, 9.17) is 11.6 Å². The maximum Gasteiger partial charge on any atom is 0.0471 e. The van der Waals surface area contributed by atoms with E-state index in [-0.39, 0.29) is 0 Å². The highest BCUT2D eigenvalue weighted by Crippen LogP contribution is 2.32. The maximum atomic E-state index is 6.37. The van der Waals surface area contributed by atoms with E-state index in [1.807, 2.05) is 12.1 Å². The Balaban J connectivity index is 2.41. The van der Waals surface area contributed by atoms with Crippen molar-refractivity contribution in [3.05, 3.63) is 58.6 Å². The van der Waals surface area contributed by atoms with Crippen molar-refractivity contribution in [3.8, 4) is 0 Å². The zero-order valence-corrected chi connectivity index (χ0v) is 13.0. The molecule has 0 fully saturated rings. The lowest BCUT2D eigenvalue weighted by Gasteiger charge is -2.25. The Kier molecular flexibility index (Phi) is 5.05. The van der Waals surface area contributed by atoms with Crippen molar-refractivity contribution in [2.24, 2.45) is 0 Å². The van der Waals surface area contributed by atoms with Gasteiger partial charge in [-0.05, 0) is 37.2 Å². The van der Waals surface area contributed by atoms with Crippen LogP contribution in [0.2, 0.25) is 5.02 Å². The number of para-hydroxylation sites is 1. The van der Waals surface area contributed by atoms with E-state index in [1.165, 1.54) is 11.3 Å². The SMILES string of the molecule is CCNCc1c(Cl)cccc1N(C)c1ccccc1C. The standard InChI is InChI=1S/C17H21ClN2/c1-4-19-12-14-15(18)9-7-11-17(14)20(3)16-10-6-5-8-13(16)2/h5-11,19H,4,12H2,1-3H3. The first-order valence-corrected chi connectivity index (χ1v) is 7.30. The van der Waals surface area contributed by atoms with Gasteiger partial charge in [-0.15, -0.1) is 0 Å². The summed E-state index contributed by atoms with van der Waals surface area (Å²) in [5, 5.41) is 4.16. The Morgan fingerprint density at radius 3 is 2.45 bits per heavy atom. The highest BCUT2D eigenvalue weighted by atomic mass is 35.5. The molecule has 0 bridgehead atoms. The van der Waals surface area contributed by atoms with Gasteiger partial charge in [-0.25, -0.2) is 0 Å². The number of halogens is 1. The van der Waals surface area contributed by atoms with Crippen LogP contribution in [0.5, 0.6) is 0 Å². The molecule has 0 unspecified atom stereocenters. The van der Waals surface area contributed by atoms with Crippen LogP contribution < -0.4 is 10.2 Å². The summed E-state index contributed by atoms with van der Waals surface area (Å²) in [4.78, 5) is 2.20. The van der Waals surface area contributed by atoms with Gasteiger partial charge in [-0.2, -0.15) is 0 Å². The van der Waals surface area contributed by atoms with Crippen LogP contribution in [0.1, 0.15) is 18.1 Å². The predicted molar refractivity (Wildman–Crippen MR) is 88.1 cm³/mol. The summed E-state index contributed by atoms with van der Waals surface area (Å²) in [6.07, 6.45) is 0. The fraction of sp³-hybridized carbons (Fsp3) is 0.294. The fourth-order valence-electron chi connectivity index (χ4n) is 2.36. The molecule has 0 saturated carbocycles. The molecule has 0 heterocycles. The van der Waals surface area contributed by atoms with E-state index in [1.54, 1.807) is 0 Å². The van der Waals surface area contributed by atoms with E-state index in [9.17, 15) is 0 Å². The lowest BCUT2D eigenvalue weighted by atomic mass is 10.1. The van der Waals surface area contributed by atoms with Gasteiger partial charge in [0.05, 0.1) is 0 Å². The molecule has 1 N–H and O–H groups in total. The second-order valence-electron chi connectivity index (χ2n) is 4.86. The van der Waals surface area contributed by atoms with E-state index < -0.39 is 0 Å². The topological polar surface area (TPSA) is 15.3 Å². The van der Waals surface area contributed by atoms with Crippen molar-refractivity contribution in [2.75, 3.05) is 18.5 Å². The van der Waals surface area contributed by atoms with Crippen LogP contribution in [-0.2, 0) is 6.54 Å². The minimum Gasteiger partial charge on any atom is -0.344 e. The molecular formula is C17H21ClN2. The molecular weight excluding hydrogens is 268 g/mol. The van der Waals surface area contributed by atoms with E-state index in [0.29, 0.717) is 0 Å². The first-order chi connectivity index (χ1) is 9.65. The van der Waals surface area contributed by atoms with Gasteiger partial charge >= 0.3 is 0 Å². The van der Waals surface area contributed by atoms with Gasteiger partial charge in [0.2, 0.25) is 0 Å². The molecule has 0 aromatic heterocycles. The fourth-order valence-corrected chi connectivity index (χ4v) is 2.59. The number of benzene rings is 2. The van der Waals surface area contributed by atoms with Crippen molar-refractivity contribution in [1.29, 1.82) is 0 Å². The Morgan fingerprint density at radius 1 is 1.05 bits per heavy atom. The molecule has 3 heteroatoms. The second kappa shape index (κ2) is 6.78. The van der Waals surface area contributed by atoms with Crippen LogP contribution in [0.3, 0.4) is 0 Å². The molecule has 0 amide bonds. The number of aryl methyl sites for hydroxylation is 1. The molecule has 0 aliphatic rings. The van der Waals surface area contributed by atoms with Crippen molar-refractivity contribution < 1.29 is 0 Å². The third kappa shape index (κ3) is 3.14. The molecule has 2 aromatic carbocycles. The highest BCUT2D eigenvalue weighted by molar-refractivity contribution is 6.31. The molecule has 2 nitrogen and oxygen atoms in total. The molecule has 20 heavy (non-hydrogen) atoms. The summed E-state index contributed by atoms with van der Waals surface area (Å²) in [6.45, 7) is 5.93. The number of rotatable bonds is 5. The Hall–Kier alpha value is -1.51. The van der Waals surface area contributed by atoms with Gasteiger partial charge in [0.15, 0.2) is 0 Å². The molecule has 0 saturated heterocycles. The van der Waals surface area contributed by atoms with Crippen LogP contribution >= 0.6 is 11.6 Å². The number of hydrogen-bond donors (Lipinski definition) is 1. The Morgan fingerprint density at radius 2 is 1.75 bits per heavy atom. The molecule has 106 valence electrons. The van der Waals surface area contributed by atoms with Crippen molar-refractivity contribution in [1.82, 2.24) is 5.32 Å². The largest absolute Gasteiger partial charge is 0.344 e. The van der Waals surface area contributed by atoms with Crippen LogP contribution in [0.15, 0.2) is 42.5 Å². The number of anilines is 2. The van der Waals surface area contributed by atoms with Crippen LogP contribution in [-0.4, -0.2) is 13.6 Å². The zero-order chi connectivity index (χ0) is 14.5. The van der Waals surface area contributed by atoms with Crippen molar-refractivity contribution in [3.63, 3.8) is 0 Å². The molecule has 0 aliphatic heterocycles. The third-order valence-electron chi connectivity index (χ3n) is 3.48. The summed E-state index contributed by atoms with van der Waals surface area (Å²) < 4.78 is 0. The lowest BCUT2D eigenvalue weighted by molar-refractivity contribution is 0.726. The lowest BCUT2D eigenvalue weighted by Crippen LogP contribution is -2.18. The summed E-state index contributed by atoms with van der Waals surface area (Å²) in [6, 6.07) is 14.4. The molecule has 2 rings (SSSR count). The van der Waals surface area contributed by atoms with Gasteiger partial charge in [-0.1, -0.05) is 42.8 Å². The zero-order valence-electron chi connectivity index (χ0n) is 12.3. The summed E-state index contributed by atoms with van der Waals surface area (Å²) in [5.41, 5.74) is 4.74. The van der Waals surface area contributed by atoms with Gasteiger partial charge in [0.25, 0.3) is 0 Å². The normalized spacial score (nSPS) is 10.6. The highest BCUT2D eigenvalue weighted by Gasteiger charge is 2.13. The number of nitrogens with zero attached hydrogens (tertiary/aromatic N) is 1. The quantitative estimate of drug-likeness (QED) is 0.870. The summed E-state index contributed by atoms with van der Waals surface area (Å²) >= 11 is 6.37. The average molecular weight is 289 g/mol. The summed E-state index contributed by atoms with van der Waals surface area (Å²) in [5.74, 6) is 0. The Bertz CT molecular complexity index is 581. The predicted octanol–water partition coefficient (Wildman–Crippen LogP) is 4.53. The second-order valence-corrected chi connectivity index (χ2v) is 5.27. The minimum atomic E-state index is 0.779. The molecule has 2 aromatic rings. The van der Waals surface area contributed by atoms with Crippen molar-refractivity contribution >= 4 is 23.0 Å². The average Bonchev–Trinajstić information content (AvgIpc) is 2.45. The number of hydrogen-bond acceptors (Lipinski definition) is 2. The van der Waals surface area contributed by atoms with E-state index in [2.05, 4.69) is 61.4 Å². The maximum absolute atomic E-state index is 6.37. The van der Waals surface area contributed by atoms with Crippen LogP contribution in [0.4, 0.5) is 11.4 Å². The number of nitrogens with one attached hydrogen (secondary N) is 1. The minimum absolute atomic E-state index is 0.779. The third-order valence-corrected chi connectivity index (χ3v) is 3.84. The van der Waals surface area contributed by atoms with Gasteiger partial charge < -0.3 is 10.2 Å². The first kappa shape index (κ1) is 14.9. The molecule has 0 atom stereocenters. The molecule has 0 spiro atoms. The first-order valence-electron chi connectivity index (χ1n) is 6.92. The van der Waals surface area contributed by atoms with E-state index in [0.717, 1.165) is 29.4 Å². The monoisotopic (exact) mass is 288 g/mol. The molecule has 0 aliphatic carbocycles. The Labute approximate surface area is 126 Å². The van der Waals surface area contributed by atoms with Crippen LogP contribution in [0.25, 0.3) is 0 Å². The van der Waals surface area contributed by atoms with E-state index >= 15 is 0 Å². The van der Waals surface area contributed by atoms with Crippen molar-refractivity contribution in [2.45, 2.75) is 20.4 Å². The van der Waals surface area contributed by atoms with Crippen LogP contribution in [0, 0.1) is 6.92 Å². The van der Waals surface area contributed by atoms with Gasteiger partial charge in [0.1, 0.15) is 0 Å². The summed E-state index contributed by atoms with van der Waals surface area (Å²) in [7, 11) is 2.09. The molecule has 0 radical (unpaired) electrons.